The van der Waals surface area contributed by atoms with Crippen molar-refractivity contribution in [3.63, 3.8) is 0 Å². The van der Waals surface area contributed by atoms with Crippen LogP contribution in [0.15, 0.2) is 15.9 Å². The highest BCUT2D eigenvalue weighted by Gasteiger charge is 2.22. The molecule has 4 heteroatoms. The van der Waals surface area contributed by atoms with Crippen LogP contribution in [0.1, 0.15) is 19.3 Å². The van der Waals surface area contributed by atoms with Crippen molar-refractivity contribution >= 4 is 23.1 Å². The van der Waals surface area contributed by atoms with Crippen LogP contribution in [0, 0.1) is 0 Å². The lowest BCUT2D eigenvalue weighted by Crippen LogP contribution is -2.15. The summed E-state index contributed by atoms with van der Waals surface area (Å²) in [6.45, 7) is 0. The third kappa shape index (κ3) is 2.00. The summed E-state index contributed by atoms with van der Waals surface area (Å²) >= 11 is 3.61. The van der Waals surface area contributed by atoms with E-state index in [9.17, 15) is 0 Å². The number of thiazole rings is 1. The molecule has 2 atom stereocenters. The number of rotatable bonds is 2. The molecule has 2 N–H and O–H groups in total. The van der Waals surface area contributed by atoms with Crippen LogP contribution in [-0.4, -0.2) is 16.3 Å². The fourth-order valence-electron chi connectivity index (χ4n) is 1.49. The van der Waals surface area contributed by atoms with Gasteiger partial charge in [0.2, 0.25) is 0 Å². The molecule has 66 valence electrons. The Balaban J connectivity index is 1.88. The number of hydrogen-bond donors (Lipinski definition) is 1. The molecule has 2 unspecified atom stereocenters. The summed E-state index contributed by atoms with van der Waals surface area (Å²) in [5, 5.41) is 2.74. The first-order valence-corrected chi connectivity index (χ1v) is 5.92. The van der Waals surface area contributed by atoms with E-state index in [1.807, 2.05) is 23.3 Å². The summed E-state index contributed by atoms with van der Waals surface area (Å²) in [5.41, 5.74) is 5.82. The van der Waals surface area contributed by atoms with Gasteiger partial charge >= 0.3 is 0 Å². The Bertz CT molecular complexity index is 235. The Labute approximate surface area is 80.6 Å². The first-order chi connectivity index (χ1) is 5.84. The van der Waals surface area contributed by atoms with Crippen LogP contribution < -0.4 is 5.73 Å². The van der Waals surface area contributed by atoms with Crippen LogP contribution in [0.3, 0.4) is 0 Å². The molecular formula is C8H12N2S2. The van der Waals surface area contributed by atoms with Gasteiger partial charge in [-0.1, -0.05) is 11.8 Å². The average molecular weight is 200 g/mol. The molecule has 1 aliphatic carbocycles. The van der Waals surface area contributed by atoms with Crippen LogP contribution in [0.5, 0.6) is 0 Å². The second-order valence-electron chi connectivity index (χ2n) is 3.11. The van der Waals surface area contributed by atoms with E-state index in [0.29, 0.717) is 11.3 Å². The molecule has 0 spiro atoms. The van der Waals surface area contributed by atoms with Gasteiger partial charge in [-0.2, -0.15) is 0 Å². The monoisotopic (exact) mass is 200 g/mol. The van der Waals surface area contributed by atoms with E-state index in [4.69, 9.17) is 5.73 Å². The summed E-state index contributed by atoms with van der Waals surface area (Å²) in [4.78, 5) is 4.25. The molecule has 0 bridgehead atoms. The van der Waals surface area contributed by atoms with Crippen molar-refractivity contribution in [2.75, 3.05) is 0 Å². The van der Waals surface area contributed by atoms with Crippen LogP contribution in [0.4, 0.5) is 0 Å². The summed E-state index contributed by atoms with van der Waals surface area (Å²) in [6.07, 6.45) is 5.46. The normalized spacial score (nSPS) is 29.4. The Morgan fingerprint density at radius 2 is 2.50 bits per heavy atom. The molecule has 2 nitrogen and oxygen atoms in total. The van der Waals surface area contributed by atoms with Crippen molar-refractivity contribution in [1.29, 1.82) is 0 Å². The van der Waals surface area contributed by atoms with Gasteiger partial charge in [-0.05, 0) is 19.3 Å². The lowest BCUT2D eigenvalue weighted by Gasteiger charge is -2.04. The number of nitrogens with zero attached hydrogens (tertiary/aromatic N) is 1. The maximum atomic E-state index is 5.82. The van der Waals surface area contributed by atoms with Gasteiger partial charge in [0.15, 0.2) is 0 Å². The number of thioether (sulfide) groups is 1. The molecule has 12 heavy (non-hydrogen) atoms. The van der Waals surface area contributed by atoms with Crippen molar-refractivity contribution in [1.82, 2.24) is 4.98 Å². The lowest BCUT2D eigenvalue weighted by molar-refractivity contribution is 0.706. The van der Waals surface area contributed by atoms with Crippen LogP contribution in [0.25, 0.3) is 0 Å². The number of aromatic nitrogens is 1. The molecule has 1 aliphatic rings. The zero-order valence-corrected chi connectivity index (χ0v) is 8.40. The quantitative estimate of drug-likeness (QED) is 0.794. The van der Waals surface area contributed by atoms with E-state index in [1.54, 1.807) is 11.3 Å². The standard InChI is InChI=1S/C8H12N2S2/c9-6-1-2-7(5-6)12-8-10-3-4-11-8/h3-4,6-7H,1-2,5,9H2. The third-order valence-electron chi connectivity index (χ3n) is 2.10. The van der Waals surface area contributed by atoms with Crippen molar-refractivity contribution in [3.05, 3.63) is 11.6 Å². The van der Waals surface area contributed by atoms with E-state index in [0.717, 1.165) is 6.42 Å². The van der Waals surface area contributed by atoms with Crippen LogP contribution in [-0.2, 0) is 0 Å². The van der Waals surface area contributed by atoms with E-state index >= 15 is 0 Å². The van der Waals surface area contributed by atoms with Crippen molar-refractivity contribution in [3.8, 4) is 0 Å². The minimum atomic E-state index is 0.433. The highest BCUT2D eigenvalue weighted by Crippen LogP contribution is 2.34. The van der Waals surface area contributed by atoms with E-state index in [-0.39, 0.29) is 0 Å². The SMILES string of the molecule is NC1CCC(Sc2nccs2)C1. The first kappa shape index (κ1) is 8.53. The fraction of sp³-hybridized carbons (Fsp3) is 0.625. The van der Waals surface area contributed by atoms with Crippen molar-refractivity contribution in [2.45, 2.75) is 34.9 Å². The van der Waals surface area contributed by atoms with Crippen molar-refractivity contribution < 1.29 is 0 Å². The first-order valence-electron chi connectivity index (χ1n) is 4.16. The maximum Gasteiger partial charge on any atom is 0.150 e. The van der Waals surface area contributed by atoms with Crippen LogP contribution in [0.2, 0.25) is 0 Å². The molecule has 1 aromatic rings. The van der Waals surface area contributed by atoms with Gasteiger partial charge in [0.1, 0.15) is 4.34 Å². The highest BCUT2D eigenvalue weighted by atomic mass is 32.2. The Hall–Kier alpha value is -0.0600. The maximum absolute atomic E-state index is 5.82. The van der Waals surface area contributed by atoms with E-state index in [2.05, 4.69) is 4.98 Å². The highest BCUT2D eigenvalue weighted by molar-refractivity contribution is 8.01. The minimum Gasteiger partial charge on any atom is -0.328 e. The van der Waals surface area contributed by atoms with Gasteiger partial charge in [-0.15, -0.1) is 11.3 Å². The van der Waals surface area contributed by atoms with E-state index < -0.39 is 0 Å². The molecule has 0 saturated heterocycles. The summed E-state index contributed by atoms with van der Waals surface area (Å²) < 4.78 is 1.19. The third-order valence-corrected chi connectivity index (χ3v) is 4.31. The molecule has 1 saturated carbocycles. The molecule has 1 fully saturated rings. The van der Waals surface area contributed by atoms with Gasteiger partial charge in [0, 0.05) is 22.9 Å². The summed E-state index contributed by atoms with van der Waals surface area (Å²) in [7, 11) is 0. The Morgan fingerprint density at radius 1 is 1.58 bits per heavy atom. The number of hydrogen-bond acceptors (Lipinski definition) is 4. The Morgan fingerprint density at radius 3 is 3.08 bits per heavy atom. The largest absolute Gasteiger partial charge is 0.328 e. The number of nitrogens with two attached hydrogens (primary N) is 1. The van der Waals surface area contributed by atoms with E-state index in [1.165, 1.54) is 17.2 Å². The molecule has 0 aliphatic heterocycles. The average Bonchev–Trinajstić information content (AvgIpc) is 2.63. The predicted octanol–water partition coefficient (Wildman–Crippen LogP) is 2.12. The summed E-state index contributed by atoms with van der Waals surface area (Å²) in [6, 6.07) is 0.433. The molecule has 1 aromatic heterocycles. The Kier molecular flexibility index (Phi) is 2.68. The minimum absolute atomic E-state index is 0.433. The predicted molar refractivity (Wildman–Crippen MR) is 53.6 cm³/mol. The van der Waals surface area contributed by atoms with Gasteiger partial charge in [0.25, 0.3) is 0 Å². The smallest absolute Gasteiger partial charge is 0.150 e. The molecule has 0 aromatic carbocycles. The second kappa shape index (κ2) is 3.77. The van der Waals surface area contributed by atoms with Gasteiger partial charge in [-0.3, -0.25) is 0 Å². The van der Waals surface area contributed by atoms with Gasteiger partial charge in [-0.25, -0.2) is 4.98 Å². The van der Waals surface area contributed by atoms with Crippen LogP contribution >= 0.6 is 23.1 Å². The molecule has 0 amide bonds. The molecule has 2 rings (SSSR count). The fourth-order valence-corrected chi connectivity index (χ4v) is 3.65. The second-order valence-corrected chi connectivity index (χ2v) is 5.55. The van der Waals surface area contributed by atoms with Gasteiger partial charge < -0.3 is 5.73 Å². The van der Waals surface area contributed by atoms with Crippen molar-refractivity contribution in [2.24, 2.45) is 5.73 Å². The molecule has 1 heterocycles. The zero-order valence-electron chi connectivity index (χ0n) is 6.77. The summed E-state index contributed by atoms with van der Waals surface area (Å²) in [5.74, 6) is 0. The molecular weight excluding hydrogens is 188 g/mol. The van der Waals surface area contributed by atoms with Gasteiger partial charge in [0.05, 0.1) is 0 Å². The lowest BCUT2D eigenvalue weighted by atomic mass is 10.3. The molecule has 0 radical (unpaired) electrons. The topological polar surface area (TPSA) is 38.9 Å². The zero-order chi connectivity index (χ0) is 8.39.